The van der Waals surface area contributed by atoms with Gasteiger partial charge in [-0.05, 0) is 35.0 Å². The maximum Gasteiger partial charge on any atom is 0.269 e. The van der Waals surface area contributed by atoms with Gasteiger partial charge in [-0.1, -0.05) is 30.3 Å². The zero-order valence-corrected chi connectivity index (χ0v) is 15.4. The first-order valence-electron chi connectivity index (χ1n) is 8.32. The average Bonchev–Trinajstić information content (AvgIpc) is 2.71. The highest BCUT2D eigenvalue weighted by atomic mass is 32.2. The number of fused-ring (bicyclic) bond motifs is 1. The molecule has 0 bridgehead atoms. The molecule has 0 aliphatic heterocycles. The summed E-state index contributed by atoms with van der Waals surface area (Å²) in [6.07, 6.45) is 1.11. The van der Waals surface area contributed by atoms with Gasteiger partial charge >= 0.3 is 0 Å². The Labute approximate surface area is 161 Å². The number of benzene rings is 2. The number of hydrogen-bond donors (Lipinski definition) is 3. The van der Waals surface area contributed by atoms with Crippen LogP contribution in [0.2, 0.25) is 0 Å². The van der Waals surface area contributed by atoms with Crippen LogP contribution in [-0.4, -0.2) is 43.5 Å². The van der Waals surface area contributed by atoms with Crippen LogP contribution in [0.1, 0.15) is 20.8 Å². The number of hydrogen-bond acceptors (Lipinski definition) is 6. The van der Waals surface area contributed by atoms with E-state index in [9.17, 15) is 18.0 Å². The molecule has 28 heavy (non-hydrogen) atoms. The van der Waals surface area contributed by atoms with E-state index >= 15 is 0 Å². The molecular formula is C19H17N3O5S. The largest absolute Gasteiger partial charge is 0.395 e. The second-order valence-electron chi connectivity index (χ2n) is 5.86. The number of rotatable bonds is 6. The number of aromatic nitrogens is 1. The first kappa shape index (κ1) is 19.5. The van der Waals surface area contributed by atoms with Gasteiger partial charge in [0, 0.05) is 12.7 Å². The molecule has 2 amide bonds. The van der Waals surface area contributed by atoms with Crippen LogP contribution in [0.25, 0.3) is 10.8 Å². The first-order chi connectivity index (χ1) is 13.4. The molecule has 0 unspecified atom stereocenters. The van der Waals surface area contributed by atoms with Gasteiger partial charge < -0.3 is 10.4 Å². The molecule has 2 aromatic carbocycles. The van der Waals surface area contributed by atoms with Crippen molar-refractivity contribution in [3.8, 4) is 0 Å². The van der Waals surface area contributed by atoms with E-state index in [-0.39, 0.29) is 29.3 Å². The minimum Gasteiger partial charge on any atom is -0.395 e. The molecule has 0 aliphatic carbocycles. The minimum absolute atomic E-state index is 0.0110. The molecule has 3 N–H and O–H groups in total. The Morgan fingerprint density at radius 1 is 0.964 bits per heavy atom. The summed E-state index contributed by atoms with van der Waals surface area (Å²) in [5, 5.41) is 12.7. The third-order valence-electron chi connectivity index (χ3n) is 3.91. The van der Waals surface area contributed by atoms with Crippen LogP contribution in [0.5, 0.6) is 0 Å². The number of sulfonamides is 1. The van der Waals surface area contributed by atoms with Crippen molar-refractivity contribution in [2.45, 2.75) is 4.90 Å². The van der Waals surface area contributed by atoms with Crippen LogP contribution in [0.15, 0.2) is 65.7 Å². The van der Waals surface area contributed by atoms with Crippen LogP contribution in [0.3, 0.4) is 0 Å². The van der Waals surface area contributed by atoms with Crippen molar-refractivity contribution in [3.63, 3.8) is 0 Å². The van der Waals surface area contributed by atoms with E-state index in [0.717, 1.165) is 17.0 Å². The van der Waals surface area contributed by atoms with Crippen molar-refractivity contribution in [2.24, 2.45) is 0 Å². The predicted molar refractivity (Wildman–Crippen MR) is 102 cm³/mol. The van der Waals surface area contributed by atoms with Gasteiger partial charge in [-0.3, -0.25) is 14.6 Å². The zero-order valence-electron chi connectivity index (χ0n) is 14.6. The van der Waals surface area contributed by atoms with Gasteiger partial charge in [0.1, 0.15) is 5.69 Å². The number of carbonyl (C=O) groups excluding carboxylic acids is 2. The van der Waals surface area contributed by atoms with E-state index in [1.807, 2.05) is 16.9 Å². The van der Waals surface area contributed by atoms with Crippen LogP contribution in [-0.2, 0) is 10.0 Å². The van der Waals surface area contributed by atoms with Gasteiger partial charge in [0.2, 0.25) is 0 Å². The molecule has 1 heterocycles. The van der Waals surface area contributed by atoms with Gasteiger partial charge in [0.25, 0.3) is 21.8 Å². The van der Waals surface area contributed by atoms with E-state index in [1.165, 1.54) is 24.3 Å². The Bertz CT molecular complexity index is 1130. The number of pyridine rings is 1. The number of aliphatic hydroxyl groups excluding tert-OH is 1. The summed E-state index contributed by atoms with van der Waals surface area (Å²) in [7, 11) is -4.07. The van der Waals surface area contributed by atoms with E-state index < -0.39 is 21.8 Å². The standard InChI is InChI=1S/C19H17N3O5S/c23-10-9-20-19(25)17-8-6-15(12-21-17)18(24)22-28(26,27)16-7-5-13-3-1-2-4-14(13)11-16/h1-8,11-12,23H,9-10H2,(H,20,25)(H,22,24). The van der Waals surface area contributed by atoms with Crippen molar-refractivity contribution >= 4 is 32.6 Å². The Morgan fingerprint density at radius 2 is 1.71 bits per heavy atom. The highest BCUT2D eigenvalue weighted by Crippen LogP contribution is 2.19. The summed E-state index contributed by atoms with van der Waals surface area (Å²) in [5.41, 5.74) is 0.0328. The molecule has 9 heteroatoms. The number of nitrogens with zero attached hydrogens (tertiary/aromatic N) is 1. The highest BCUT2D eigenvalue weighted by Gasteiger charge is 2.19. The number of carbonyl (C=O) groups is 2. The van der Waals surface area contributed by atoms with Gasteiger partial charge in [0.15, 0.2) is 0 Å². The molecule has 0 saturated carbocycles. The van der Waals surface area contributed by atoms with Gasteiger partial charge in [-0.15, -0.1) is 0 Å². The normalized spacial score (nSPS) is 11.2. The lowest BCUT2D eigenvalue weighted by Gasteiger charge is -2.08. The topological polar surface area (TPSA) is 125 Å². The lowest BCUT2D eigenvalue weighted by molar-refractivity contribution is 0.0936. The summed E-state index contributed by atoms with van der Waals surface area (Å²) < 4.78 is 27.0. The summed E-state index contributed by atoms with van der Waals surface area (Å²) >= 11 is 0. The molecule has 0 spiro atoms. The summed E-state index contributed by atoms with van der Waals surface area (Å²) in [5.74, 6) is -1.37. The fourth-order valence-corrected chi connectivity index (χ4v) is 3.51. The molecule has 0 atom stereocenters. The summed E-state index contributed by atoms with van der Waals surface area (Å²) in [6.45, 7) is -0.133. The molecule has 0 aliphatic rings. The number of aliphatic hydroxyl groups is 1. The van der Waals surface area contributed by atoms with Gasteiger partial charge in [0.05, 0.1) is 17.1 Å². The molecule has 3 rings (SSSR count). The average molecular weight is 399 g/mol. The first-order valence-corrected chi connectivity index (χ1v) is 9.80. The Balaban J connectivity index is 1.76. The van der Waals surface area contributed by atoms with Crippen molar-refractivity contribution in [2.75, 3.05) is 13.2 Å². The van der Waals surface area contributed by atoms with E-state index in [1.54, 1.807) is 18.2 Å². The molecule has 0 radical (unpaired) electrons. The third-order valence-corrected chi connectivity index (χ3v) is 5.24. The zero-order chi connectivity index (χ0) is 20.1. The molecule has 144 valence electrons. The van der Waals surface area contributed by atoms with Gasteiger partial charge in [-0.2, -0.15) is 0 Å². The van der Waals surface area contributed by atoms with Gasteiger partial charge in [-0.25, -0.2) is 13.1 Å². The third kappa shape index (κ3) is 4.33. The van der Waals surface area contributed by atoms with Crippen LogP contribution < -0.4 is 10.0 Å². The van der Waals surface area contributed by atoms with Crippen LogP contribution in [0.4, 0.5) is 0 Å². The second-order valence-corrected chi connectivity index (χ2v) is 7.54. The number of nitrogens with one attached hydrogen (secondary N) is 2. The van der Waals surface area contributed by atoms with E-state index in [2.05, 4.69) is 10.3 Å². The van der Waals surface area contributed by atoms with Crippen molar-refractivity contribution in [1.29, 1.82) is 0 Å². The molecule has 0 saturated heterocycles. The van der Waals surface area contributed by atoms with Crippen LogP contribution >= 0.6 is 0 Å². The molecule has 3 aromatic rings. The highest BCUT2D eigenvalue weighted by molar-refractivity contribution is 7.90. The quantitative estimate of drug-likeness (QED) is 0.569. The van der Waals surface area contributed by atoms with Crippen LogP contribution in [0, 0.1) is 0 Å². The van der Waals surface area contributed by atoms with E-state index in [4.69, 9.17) is 5.11 Å². The molecule has 8 nitrogen and oxygen atoms in total. The number of amides is 2. The Kier molecular flexibility index (Phi) is 5.67. The monoisotopic (exact) mass is 399 g/mol. The van der Waals surface area contributed by atoms with E-state index in [0.29, 0.717) is 0 Å². The predicted octanol–water partition coefficient (Wildman–Crippen LogP) is 1.08. The Hall–Kier alpha value is -3.30. The second kappa shape index (κ2) is 8.15. The SMILES string of the molecule is O=C(NS(=O)(=O)c1ccc2ccccc2c1)c1ccc(C(=O)NCCO)nc1. The van der Waals surface area contributed by atoms with Crippen molar-refractivity contribution in [3.05, 3.63) is 72.1 Å². The Morgan fingerprint density at radius 3 is 2.39 bits per heavy atom. The fourth-order valence-electron chi connectivity index (χ4n) is 2.50. The van der Waals surface area contributed by atoms with Crippen molar-refractivity contribution < 1.29 is 23.1 Å². The smallest absolute Gasteiger partial charge is 0.269 e. The minimum atomic E-state index is -4.07. The molecule has 0 fully saturated rings. The fraction of sp³-hybridized carbons (Fsp3) is 0.105. The lowest BCUT2D eigenvalue weighted by atomic mass is 10.1. The maximum atomic E-state index is 12.5. The molecule has 1 aromatic heterocycles. The lowest BCUT2D eigenvalue weighted by Crippen LogP contribution is -2.31. The maximum absolute atomic E-state index is 12.5. The summed E-state index contributed by atoms with van der Waals surface area (Å²) in [4.78, 5) is 27.8. The van der Waals surface area contributed by atoms with Crippen molar-refractivity contribution in [1.82, 2.24) is 15.0 Å². The summed E-state index contributed by atoms with van der Waals surface area (Å²) in [6, 6.07) is 14.4. The molecular weight excluding hydrogens is 382 g/mol.